The van der Waals surface area contributed by atoms with Crippen molar-refractivity contribution in [3.05, 3.63) is 384 Å². The third kappa shape index (κ3) is 17.5. The van der Waals surface area contributed by atoms with E-state index in [1.54, 1.807) is 0 Å². The Kier molecular flexibility index (Phi) is 27.8. The minimum absolute atomic E-state index is 0. The number of rotatable bonds is 12. The summed E-state index contributed by atoms with van der Waals surface area (Å²) in [6.07, 6.45) is 0. The average molecular weight is 1480 g/mol. The maximum atomic E-state index is 2.41. The van der Waals surface area contributed by atoms with Crippen molar-refractivity contribution < 1.29 is 68.2 Å². The quantitative estimate of drug-likeness (QED) is 0.0650. The van der Waals surface area contributed by atoms with Crippen LogP contribution in [0.2, 0.25) is 0 Å². The van der Waals surface area contributed by atoms with E-state index >= 15 is 0 Å². The van der Waals surface area contributed by atoms with Gasteiger partial charge in [0.2, 0.25) is 0 Å². The van der Waals surface area contributed by atoms with Crippen molar-refractivity contribution in [3.8, 4) is 0 Å². The van der Waals surface area contributed by atoms with Gasteiger partial charge < -0.3 is 24.8 Å². The Morgan fingerprint density at radius 1 is 0.180 bits per heavy atom. The number of aryl methyl sites for hydroxylation is 8. The van der Waals surface area contributed by atoms with Crippen molar-refractivity contribution in [3.63, 3.8) is 0 Å². The van der Waals surface area contributed by atoms with Gasteiger partial charge in [0.15, 0.2) is 0 Å². The molecule has 0 saturated carbocycles. The zero-order valence-corrected chi connectivity index (χ0v) is 66.1. The van der Waals surface area contributed by atoms with Gasteiger partial charge in [0.1, 0.15) is 0 Å². The molecule has 0 saturated heterocycles. The van der Waals surface area contributed by atoms with Crippen LogP contribution in [-0.4, -0.2) is 0 Å². The van der Waals surface area contributed by atoms with Gasteiger partial charge in [0.05, 0.1) is 0 Å². The summed E-state index contributed by atoms with van der Waals surface area (Å²) in [6.45, 7) is 17.7. The molecular formula is C92H80Cl2P4Ti2-2. The smallest absolute Gasteiger partial charge is 1.00 e. The Bertz CT molecular complexity index is 4230. The number of hydrogen-bond acceptors (Lipinski definition) is 0. The topological polar surface area (TPSA) is 0 Å². The summed E-state index contributed by atoms with van der Waals surface area (Å²) in [4.78, 5) is 0. The molecule has 0 N–H and O–H groups in total. The second-order valence-corrected chi connectivity index (χ2v) is 33.9. The van der Waals surface area contributed by atoms with Crippen molar-refractivity contribution in [2.45, 2.75) is 55.4 Å². The minimum Gasteiger partial charge on any atom is -1.00 e. The van der Waals surface area contributed by atoms with Crippen molar-refractivity contribution >= 4 is 138 Å². The average Bonchev–Trinajstić information content (AvgIpc) is 1.63. The van der Waals surface area contributed by atoms with Gasteiger partial charge >= 0.3 is 43.4 Å². The fourth-order valence-corrected chi connectivity index (χ4v) is 22.6. The van der Waals surface area contributed by atoms with Gasteiger partial charge in [-0.15, -0.1) is 135 Å². The van der Waals surface area contributed by atoms with Crippen LogP contribution in [0.1, 0.15) is 44.5 Å². The minimum atomic E-state index is -0.518. The van der Waals surface area contributed by atoms with E-state index in [-0.39, 0.29) is 68.2 Å². The Morgan fingerprint density at radius 3 is 0.440 bits per heavy atom. The molecule has 0 bridgehead atoms. The van der Waals surface area contributed by atoms with Crippen molar-refractivity contribution in [2.75, 3.05) is 0 Å². The third-order valence-electron chi connectivity index (χ3n) is 18.4. The van der Waals surface area contributed by atoms with Crippen molar-refractivity contribution in [1.82, 2.24) is 0 Å². The molecule has 16 rings (SSSR count). The Hall–Kier alpha value is -7.19. The molecule has 16 aromatic rings. The summed E-state index contributed by atoms with van der Waals surface area (Å²) in [7, 11) is -2.07. The van der Waals surface area contributed by atoms with Crippen LogP contribution in [0.5, 0.6) is 0 Å². The molecule has 0 radical (unpaired) electrons. The molecule has 0 aliphatic heterocycles. The fraction of sp³-hybridized carbons (Fsp3) is 0.0870. The monoisotopic (exact) mass is 1470 g/mol. The third-order valence-corrected chi connectivity index (χ3v) is 28.0. The van der Waals surface area contributed by atoms with Crippen molar-refractivity contribution in [1.29, 1.82) is 0 Å². The van der Waals surface area contributed by atoms with Crippen LogP contribution in [0.3, 0.4) is 0 Å². The predicted molar refractivity (Wildman–Crippen MR) is 431 cm³/mol. The van der Waals surface area contributed by atoms with Crippen LogP contribution in [0.4, 0.5) is 0 Å². The Labute approximate surface area is 640 Å². The van der Waals surface area contributed by atoms with E-state index < -0.39 is 31.7 Å². The van der Waals surface area contributed by atoms with E-state index in [0.717, 1.165) is 0 Å². The first-order chi connectivity index (χ1) is 46.9. The van der Waals surface area contributed by atoms with Crippen LogP contribution in [0, 0.1) is 55.4 Å². The SMILES string of the molecule is Cc1ccc(C)c2[cH-]c(P(c3ccccc3)c3ccccc3)cc12.Cc1ccc(C)c2[cH-]c(P(c3ccccc3)c3ccccc3)cc12.Cc1ccc(C)c2[cH-]c(P(c3ccccc3)c3ccccc3)cc12.Cc1ccc(C)c2[cH-]c(P(c3ccccc3)c3ccccc3)cc12.[Cl-].[Cl-].[Ti+2].[Ti+2]. The molecule has 0 unspecified atom stereocenters. The van der Waals surface area contributed by atoms with Gasteiger partial charge in [-0.25, -0.2) is 0 Å². The molecule has 8 heteroatoms. The fourth-order valence-electron chi connectivity index (χ4n) is 13.2. The molecule has 0 aliphatic rings. The predicted octanol–water partition coefficient (Wildman–Crippen LogP) is 13.7. The standard InChI is InChI=1S/4C23H20P.2ClH.2Ti/c4*1-17-13-14-18(2)23-16-21(15-22(17)23)24(19-9-5-3-6-10-19)20-11-7-4-8-12-20;;;;/h4*3-16H,1-2H3;2*1H;;/q4*-1;;;2*+2/p-2. The molecular weight excluding hydrogens is 1400 g/mol. The van der Waals surface area contributed by atoms with Crippen LogP contribution in [0.15, 0.2) is 340 Å². The van der Waals surface area contributed by atoms with Gasteiger partial charge in [-0.2, -0.15) is 24.3 Å². The normalized spacial score (nSPS) is 10.8. The van der Waals surface area contributed by atoms with E-state index in [0.29, 0.717) is 0 Å². The molecule has 0 spiro atoms. The van der Waals surface area contributed by atoms with Gasteiger partial charge in [0.25, 0.3) is 0 Å². The van der Waals surface area contributed by atoms with E-state index in [1.807, 2.05) is 0 Å². The molecule has 0 fully saturated rings. The summed E-state index contributed by atoms with van der Waals surface area (Å²) < 4.78 is 0. The molecule has 0 aliphatic carbocycles. The maximum Gasteiger partial charge on any atom is 2.00 e. The summed E-state index contributed by atoms with van der Waals surface area (Å²) in [6, 6.07) is 124. The van der Waals surface area contributed by atoms with E-state index in [1.165, 1.54) is 151 Å². The number of fused-ring (bicyclic) bond motifs is 4. The summed E-state index contributed by atoms with van der Waals surface area (Å²) >= 11 is 0. The van der Waals surface area contributed by atoms with Gasteiger partial charge in [-0.3, -0.25) is 0 Å². The van der Waals surface area contributed by atoms with Crippen LogP contribution < -0.4 is 88.5 Å². The zero-order chi connectivity index (χ0) is 66.1. The van der Waals surface area contributed by atoms with Gasteiger partial charge in [-0.1, -0.05) is 317 Å². The summed E-state index contributed by atoms with van der Waals surface area (Å²) in [5.41, 5.74) is 10.9. The number of halogens is 2. The van der Waals surface area contributed by atoms with E-state index in [4.69, 9.17) is 0 Å². The zero-order valence-electron chi connectivity index (χ0n) is 57.9. The molecule has 0 heterocycles. The summed E-state index contributed by atoms with van der Waals surface area (Å²) in [5, 5.41) is 28.2. The van der Waals surface area contributed by atoms with E-state index in [9.17, 15) is 0 Å². The molecule has 0 amide bonds. The van der Waals surface area contributed by atoms with Gasteiger partial charge in [-0.05, 0) is 102 Å². The Morgan fingerprint density at radius 2 is 0.310 bits per heavy atom. The second kappa shape index (κ2) is 36.1. The first-order valence-electron chi connectivity index (χ1n) is 33.2. The second-order valence-electron chi connectivity index (χ2n) is 25.0. The molecule has 16 aromatic carbocycles. The maximum absolute atomic E-state index is 2.41. The first kappa shape index (κ1) is 77.0. The largest absolute Gasteiger partial charge is 2.00 e. The van der Waals surface area contributed by atoms with Crippen LogP contribution in [0.25, 0.3) is 43.1 Å². The van der Waals surface area contributed by atoms with Crippen LogP contribution in [-0.2, 0) is 43.4 Å². The number of hydrogen-bond donors (Lipinski definition) is 0. The molecule has 0 aromatic heterocycles. The van der Waals surface area contributed by atoms with Gasteiger partial charge in [0, 0.05) is 0 Å². The first-order valence-corrected chi connectivity index (χ1v) is 38.6. The molecule has 100 heavy (non-hydrogen) atoms. The molecule has 0 nitrogen and oxygen atoms in total. The molecule has 0 atom stereocenters. The summed E-state index contributed by atoms with van der Waals surface area (Å²) in [5.74, 6) is 0. The van der Waals surface area contributed by atoms with Crippen molar-refractivity contribution in [2.24, 2.45) is 0 Å². The number of benzene rings is 12. The van der Waals surface area contributed by atoms with Crippen LogP contribution >= 0.6 is 31.7 Å². The van der Waals surface area contributed by atoms with E-state index in [2.05, 4.69) is 395 Å². The Balaban J connectivity index is 0.000000153. The molecule has 492 valence electrons.